The van der Waals surface area contributed by atoms with Crippen LogP contribution in [0.1, 0.15) is 29.7 Å². The lowest BCUT2D eigenvalue weighted by molar-refractivity contribution is -0.140. The SMILES string of the molecule is COCCN1C(=O)C(=O)/C(=C(\O)c2ccc(Br)c(C)c2)C1c1cccc(OC(C)=O)c1. The zero-order valence-electron chi connectivity index (χ0n) is 17.3. The van der Waals surface area contributed by atoms with Crippen molar-refractivity contribution < 1.29 is 29.0 Å². The van der Waals surface area contributed by atoms with Gasteiger partial charge in [-0.3, -0.25) is 14.4 Å². The number of aryl methyl sites for hydroxylation is 1. The van der Waals surface area contributed by atoms with Crippen molar-refractivity contribution in [3.63, 3.8) is 0 Å². The maximum Gasteiger partial charge on any atom is 0.308 e. The molecule has 1 amide bonds. The zero-order valence-corrected chi connectivity index (χ0v) is 18.9. The molecule has 1 aliphatic heterocycles. The van der Waals surface area contributed by atoms with Gasteiger partial charge in [0.1, 0.15) is 11.5 Å². The van der Waals surface area contributed by atoms with Gasteiger partial charge >= 0.3 is 5.97 Å². The van der Waals surface area contributed by atoms with Gasteiger partial charge in [-0.2, -0.15) is 0 Å². The van der Waals surface area contributed by atoms with Crippen molar-refractivity contribution in [3.05, 3.63) is 69.2 Å². The first kappa shape index (κ1) is 22.7. The Morgan fingerprint density at radius 2 is 1.94 bits per heavy atom. The summed E-state index contributed by atoms with van der Waals surface area (Å²) in [4.78, 5) is 38.5. The fourth-order valence-corrected chi connectivity index (χ4v) is 3.76. The fourth-order valence-electron chi connectivity index (χ4n) is 3.51. The molecule has 0 aromatic heterocycles. The second-order valence-corrected chi connectivity index (χ2v) is 7.97. The van der Waals surface area contributed by atoms with E-state index in [0.29, 0.717) is 11.1 Å². The maximum atomic E-state index is 12.9. The van der Waals surface area contributed by atoms with Gasteiger partial charge in [0.2, 0.25) is 0 Å². The number of Topliss-reactive ketones (excluding diaryl/α,β-unsaturated/α-hetero) is 1. The highest BCUT2D eigenvalue weighted by Gasteiger charge is 2.46. The minimum atomic E-state index is -0.852. The maximum absolute atomic E-state index is 12.9. The number of aliphatic hydroxyl groups excluding tert-OH is 1. The van der Waals surface area contributed by atoms with E-state index >= 15 is 0 Å². The number of amides is 1. The van der Waals surface area contributed by atoms with Crippen molar-refractivity contribution in [2.24, 2.45) is 0 Å². The number of likely N-dealkylation sites (tertiary alicyclic amines) is 1. The lowest BCUT2D eigenvalue weighted by Gasteiger charge is -2.25. The molecule has 8 heteroatoms. The smallest absolute Gasteiger partial charge is 0.308 e. The van der Waals surface area contributed by atoms with Crippen LogP contribution in [0.25, 0.3) is 5.76 Å². The lowest BCUT2D eigenvalue weighted by atomic mass is 9.94. The molecule has 0 aliphatic carbocycles. The molecule has 0 bridgehead atoms. The summed E-state index contributed by atoms with van der Waals surface area (Å²) in [6.07, 6.45) is 0. The van der Waals surface area contributed by atoms with Gasteiger partial charge in [0.25, 0.3) is 11.7 Å². The van der Waals surface area contributed by atoms with E-state index in [9.17, 15) is 19.5 Å². The molecule has 1 aliphatic rings. The first-order valence-electron chi connectivity index (χ1n) is 9.56. The topological polar surface area (TPSA) is 93.1 Å². The van der Waals surface area contributed by atoms with Gasteiger partial charge in [-0.1, -0.05) is 34.1 Å². The summed E-state index contributed by atoms with van der Waals surface area (Å²) in [5.41, 5.74) is 1.80. The summed E-state index contributed by atoms with van der Waals surface area (Å²) in [6.45, 7) is 3.51. The van der Waals surface area contributed by atoms with Crippen LogP contribution in [0.5, 0.6) is 5.75 Å². The molecule has 1 N–H and O–H groups in total. The number of rotatable bonds is 6. The molecule has 0 saturated carbocycles. The molecule has 162 valence electrons. The van der Waals surface area contributed by atoms with E-state index in [4.69, 9.17) is 9.47 Å². The second kappa shape index (κ2) is 9.45. The van der Waals surface area contributed by atoms with Crippen LogP contribution in [-0.4, -0.2) is 47.9 Å². The van der Waals surface area contributed by atoms with Crippen LogP contribution in [0.3, 0.4) is 0 Å². The zero-order chi connectivity index (χ0) is 22.7. The number of esters is 1. The number of methoxy groups -OCH3 is 1. The number of hydrogen-bond donors (Lipinski definition) is 1. The third-order valence-electron chi connectivity index (χ3n) is 4.94. The average molecular weight is 488 g/mol. The predicted molar refractivity (Wildman–Crippen MR) is 118 cm³/mol. The number of ketones is 1. The van der Waals surface area contributed by atoms with Gasteiger partial charge in [-0.25, -0.2) is 0 Å². The summed E-state index contributed by atoms with van der Waals surface area (Å²) in [6, 6.07) is 10.9. The number of ether oxygens (including phenoxy) is 2. The molecule has 31 heavy (non-hydrogen) atoms. The Balaban J connectivity index is 2.17. The largest absolute Gasteiger partial charge is 0.507 e. The molecule has 1 unspecified atom stereocenters. The van der Waals surface area contributed by atoms with Crippen LogP contribution < -0.4 is 4.74 Å². The predicted octanol–water partition coefficient (Wildman–Crippen LogP) is 3.75. The molecule has 2 aromatic carbocycles. The minimum absolute atomic E-state index is 0.0252. The van der Waals surface area contributed by atoms with Gasteiger partial charge in [0, 0.05) is 30.6 Å². The van der Waals surface area contributed by atoms with E-state index in [0.717, 1.165) is 10.0 Å². The molecule has 1 saturated heterocycles. The number of aliphatic hydroxyl groups is 1. The Morgan fingerprint density at radius 1 is 1.19 bits per heavy atom. The number of carbonyl (C=O) groups excluding carboxylic acids is 3. The third-order valence-corrected chi connectivity index (χ3v) is 5.83. The molecule has 2 aromatic rings. The normalized spacial score (nSPS) is 17.8. The lowest BCUT2D eigenvalue weighted by Crippen LogP contribution is -2.32. The quantitative estimate of drug-likeness (QED) is 0.219. The Labute approximate surface area is 188 Å². The van der Waals surface area contributed by atoms with Crippen LogP contribution in [0.15, 0.2) is 52.5 Å². The van der Waals surface area contributed by atoms with Crippen LogP contribution in [0.4, 0.5) is 0 Å². The molecule has 1 fully saturated rings. The average Bonchev–Trinajstić information content (AvgIpc) is 2.98. The number of halogens is 1. The fraction of sp³-hybridized carbons (Fsp3) is 0.261. The van der Waals surface area contributed by atoms with E-state index in [1.54, 1.807) is 42.5 Å². The van der Waals surface area contributed by atoms with Crippen molar-refractivity contribution in [2.75, 3.05) is 20.3 Å². The summed E-state index contributed by atoms with van der Waals surface area (Å²) >= 11 is 3.42. The molecule has 0 spiro atoms. The van der Waals surface area contributed by atoms with Crippen molar-refractivity contribution in [3.8, 4) is 5.75 Å². The summed E-state index contributed by atoms with van der Waals surface area (Å²) in [7, 11) is 1.50. The molecular formula is C23H22BrNO6. The Morgan fingerprint density at radius 3 is 2.58 bits per heavy atom. The number of carbonyl (C=O) groups is 3. The highest BCUT2D eigenvalue weighted by atomic mass is 79.9. The van der Waals surface area contributed by atoms with E-state index in [1.165, 1.54) is 18.9 Å². The van der Waals surface area contributed by atoms with Crippen molar-refractivity contribution in [1.29, 1.82) is 0 Å². The van der Waals surface area contributed by atoms with Crippen LogP contribution in [0, 0.1) is 6.92 Å². The monoisotopic (exact) mass is 487 g/mol. The molecule has 1 heterocycles. The van der Waals surface area contributed by atoms with Crippen LogP contribution >= 0.6 is 15.9 Å². The van der Waals surface area contributed by atoms with Gasteiger partial charge in [-0.05, 0) is 42.3 Å². The molecule has 7 nitrogen and oxygen atoms in total. The molecular weight excluding hydrogens is 466 g/mol. The van der Waals surface area contributed by atoms with E-state index < -0.39 is 23.7 Å². The first-order chi connectivity index (χ1) is 14.7. The highest BCUT2D eigenvalue weighted by Crippen LogP contribution is 2.40. The third kappa shape index (κ3) is 4.70. The summed E-state index contributed by atoms with van der Waals surface area (Å²) in [5, 5.41) is 11.1. The Bertz CT molecular complexity index is 1080. The van der Waals surface area contributed by atoms with Crippen molar-refractivity contribution >= 4 is 39.3 Å². The molecule has 1 atom stereocenters. The van der Waals surface area contributed by atoms with Gasteiger partial charge < -0.3 is 19.5 Å². The number of hydrogen-bond acceptors (Lipinski definition) is 6. The van der Waals surface area contributed by atoms with Crippen molar-refractivity contribution in [1.82, 2.24) is 4.90 Å². The first-order valence-corrected chi connectivity index (χ1v) is 10.4. The van der Waals surface area contributed by atoms with Crippen LogP contribution in [0.2, 0.25) is 0 Å². The number of benzene rings is 2. The van der Waals surface area contributed by atoms with Gasteiger partial charge in [-0.15, -0.1) is 0 Å². The van der Waals surface area contributed by atoms with Crippen molar-refractivity contribution in [2.45, 2.75) is 19.9 Å². The van der Waals surface area contributed by atoms with Gasteiger partial charge in [0.15, 0.2) is 0 Å². The number of nitrogens with zero attached hydrogens (tertiary/aromatic N) is 1. The van der Waals surface area contributed by atoms with Gasteiger partial charge in [0.05, 0.1) is 18.2 Å². The van der Waals surface area contributed by atoms with E-state index in [1.807, 2.05) is 6.92 Å². The Kier molecular flexibility index (Phi) is 6.92. The second-order valence-electron chi connectivity index (χ2n) is 7.12. The summed E-state index contributed by atoms with van der Waals surface area (Å²) < 4.78 is 11.1. The standard InChI is InChI=1S/C23H22BrNO6/c1-13-11-16(7-8-18(13)24)21(27)19-20(25(9-10-30-3)23(29)22(19)28)15-5-4-6-17(12-15)31-14(2)26/h4-8,11-12,20,27H,9-10H2,1-3H3/b21-19-. The van der Waals surface area contributed by atoms with E-state index in [2.05, 4.69) is 15.9 Å². The molecule has 0 radical (unpaired) electrons. The minimum Gasteiger partial charge on any atom is -0.507 e. The van der Waals surface area contributed by atoms with Crippen LogP contribution in [-0.2, 0) is 19.1 Å². The highest BCUT2D eigenvalue weighted by molar-refractivity contribution is 9.10. The summed E-state index contributed by atoms with van der Waals surface area (Å²) in [5.74, 6) is -1.98. The Hall–Kier alpha value is -2.97. The van der Waals surface area contributed by atoms with E-state index in [-0.39, 0.29) is 30.2 Å². The molecule has 3 rings (SSSR count).